The second kappa shape index (κ2) is 8.55. The van der Waals surface area contributed by atoms with E-state index in [9.17, 15) is 27.6 Å². The van der Waals surface area contributed by atoms with Crippen molar-refractivity contribution in [2.75, 3.05) is 5.32 Å². The van der Waals surface area contributed by atoms with E-state index in [1.54, 1.807) is 6.07 Å². The molecule has 0 aliphatic rings. The van der Waals surface area contributed by atoms with Crippen LogP contribution in [0, 0.1) is 17.1 Å². The summed E-state index contributed by atoms with van der Waals surface area (Å²) in [5.41, 5.74) is -0.396. The van der Waals surface area contributed by atoms with Crippen molar-refractivity contribution in [3.05, 3.63) is 95.6 Å². The molecule has 0 radical (unpaired) electrons. The first-order valence-corrected chi connectivity index (χ1v) is 9.46. The molecule has 0 spiro atoms. The predicted octanol–water partition coefficient (Wildman–Crippen LogP) is 5.22. The molecule has 4 rings (SSSR count). The van der Waals surface area contributed by atoms with Gasteiger partial charge >= 0.3 is 6.18 Å². The van der Waals surface area contributed by atoms with E-state index in [0.717, 1.165) is 12.1 Å². The van der Waals surface area contributed by atoms with Crippen molar-refractivity contribution in [2.24, 2.45) is 0 Å². The smallest absolute Gasteiger partial charge is 0.305 e. The van der Waals surface area contributed by atoms with E-state index < -0.39 is 29.0 Å². The summed E-state index contributed by atoms with van der Waals surface area (Å²) in [7, 11) is 0. The van der Waals surface area contributed by atoms with Gasteiger partial charge in [0.1, 0.15) is 17.4 Å². The molecular formula is C23H13F4N5O. The third-order valence-electron chi connectivity index (χ3n) is 4.72. The number of alkyl halides is 3. The monoisotopic (exact) mass is 451 g/mol. The fourth-order valence-electron chi connectivity index (χ4n) is 3.23. The third-order valence-corrected chi connectivity index (χ3v) is 4.72. The van der Waals surface area contributed by atoms with E-state index in [1.807, 2.05) is 6.07 Å². The molecule has 0 saturated carbocycles. The first kappa shape index (κ1) is 21.7. The number of aromatic nitrogens is 3. The van der Waals surface area contributed by atoms with Gasteiger partial charge in [-0.05, 0) is 35.9 Å². The summed E-state index contributed by atoms with van der Waals surface area (Å²) in [6.45, 7) is 0. The fraction of sp³-hybridized carbons (Fsp3) is 0.0435. The van der Waals surface area contributed by atoms with Crippen LogP contribution in [-0.2, 0) is 6.18 Å². The molecule has 0 bridgehead atoms. The molecule has 33 heavy (non-hydrogen) atoms. The Morgan fingerprint density at radius 2 is 1.76 bits per heavy atom. The van der Waals surface area contributed by atoms with Crippen LogP contribution in [0.2, 0.25) is 0 Å². The van der Waals surface area contributed by atoms with Gasteiger partial charge in [-0.15, -0.1) is 5.10 Å². The largest absolute Gasteiger partial charge is 0.417 e. The quantitative estimate of drug-likeness (QED) is 0.432. The number of carbonyl (C=O) groups is 1. The van der Waals surface area contributed by atoms with Gasteiger partial charge in [-0.25, -0.2) is 14.1 Å². The van der Waals surface area contributed by atoms with Crippen molar-refractivity contribution in [3.63, 3.8) is 0 Å². The van der Waals surface area contributed by atoms with Crippen LogP contribution in [0.15, 0.2) is 73.1 Å². The van der Waals surface area contributed by atoms with Gasteiger partial charge in [-0.3, -0.25) is 4.79 Å². The Morgan fingerprint density at radius 3 is 2.45 bits per heavy atom. The van der Waals surface area contributed by atoms with Crippen LogP contribution in [0.4, 0.5) is 23.4 Å². The highest BCUT2D eigenvalue weighted by Gasteiger charge is 2.35. The molecule has 0 aliphatic heterocycles. The van der Waals surface area contributed by atoms with Crippen LogP contribution in [0.1, 0.15) is 21.5 Å². The standard InChI is InChI=1S/C23H13F4N5O/c24-15-7-5-14(6-8-15)16-9-11-29-21(18(16)13-28)32-12-10-20(31-32)30-22(33)17-3-1-2-4-19(17)23(25,26)27/h1-12H,(H,30,31,33). The second-order valence-electron chi connectivity index (χ2n) is 6.82. The first-order chi connectivity index (χ1) is 15.8. The number of rotatable bonds is 4. The minimum Gasteiger partial charge on any atom is -0.305 e. The van der Waals surface area contributed by atoms with Crippen molar-refractivity contribution in [1.29, 1.82) is 5.26 Å². The highest BCUT2D eigenvalue weighted by Crippen LogP contribution is 2.32. The van der Waals surface area contributed by atoms with Crippen LogP contribution in [0.3, 0.4) is 0 Å². The topological polar surface area (TPSA) is 83.6 Å². The van der Waals surface area contributed by atoms with Crippen LogP contribution < -0.4 is 5.32 Å². The number of hydrogen-bond acceptors (Lipinski definition) is 4. The van der Waals surface area contributed by atoms with Crippen LogP contribution in [0.5, 0.6) is 0 Å². The summed E-state index contributed by atoms with van der Waals surface area (Å²) in [4.78, 5) is 16.6. The number of nitrogens with zero attached hydrogens (tertiary/aromatic N) is 4. The summed E-state index contributed by atoms with van der Waals surface area (Å²) < 4.78 is 54.1. The lowest BCUT2D eigenvalue weighted by Crippen LogP contribution is -2.19. The SMILES string of the molecule is N#Cc1c(-c2ccc(F)cc2)ccnc1-n1ccc(NC(=O)c2ccccc2C(F)(F)F)n1. The van der Waals surface area contributed by atoms with E-state index in [1.165, 1.54) is 59.5 Å². The Balaban J connectivity index is 1.65. The molecule has 2 aromatic carbocycles. The number of carbonyl (C=O) groups excluding carboxylic acids is 1. The zero-order valence-corrected chi connectivity index (χ0v) is 16.6. The maximum Gasteiger partial charge on any atom is 0.417 e. The first-order valence-electron chi connectivity index (χ1n) is 9.46. The normalized spacial score (nSPS) is 11.1. The molecule has 10 heteroatoms. The van der Waals surface area contributed by atoms with Gasteiger partial charge in [0.25, 0.3) is 5.91 Å². The van der Waals surface area contributed by atoms with E-state index in [2.05, 4.69) is 15.4 Å². The molecule has 0 fully saturated rings. The molecule has 0 aliphatic carbocycles. The number of halogens is 4. The lowest BCUT2D eigenvalue weighted by atomic mass is 10.0. The molecule has 0 saturated heterocycles. The van der Waals surface area contributed by atoms with E-state index >= 15 is 0 Å². The molecule has 0 unspecified atom stereocenters. The molecule has 0 atom stereocenters. The Bertz CT molecular complexity index is 1370. The molecule has 164 valence electrons. The van der Waals surface area contributed by atoms with Gasteiger partial charge in [0.2, 0.25) is 0 Å². The lowest BCUT2D eigenvalue weighted by Gasteiger charge is -2.11. The Labute approximate surface area is 184 Å². The van der Waals surface area contributed by atoms with Crippen molar-refractivity contribution in [2.45, 2.75) is 6.18 Å². The maximum absolute atomic E-state index is 13.3. The summed E-state index contributed by atoms with van der Waals surface area (Å²) >= 11 is 0. The number of nitriles is 1. The average Bonchev–Trinajstić information content (AvgIpc) is 3.26. The molecule has 4 aromatic rings. The van der Waals surface area contributed by atoms with Crippen LogP contribution in [-0.4, -0.2) is 20.7 Å². The molecule has 2 heterocycles. The Morgan fingerprint density at radius 1 is 1.03 bits per heavy atom. The van der Waals surface area contributed by atoms with Gasteiger partial charge in [0, 0.05) is 24.0 Å². The number of pyridine rings is 1. The predicted molar refractivity (Wildman–Crippen MR) is 111 cm³/mol. The molecule has 6 nitrogen and oxygen atoms in total. The fourth-order valence-corrected chi connectivity index (χ4v) is 3.23. The zero-order valence-electron chi connectivity index (χ0n) is 16.6. The van der Waals surface area contributed by atoms with Crippen molar-refractivity contribution in [3.8, 4) is 23.0 Å². The van der Waals surface area contributed by atoms with E-state index in [4.69, 9.17) is 0 Å². The average molecular weight is 451 g/mol. The highest BCUT2D eigenvalue weighted by atomic mass is 19.4. The highest BCUT2D eigenvalue weighted by molar-refractivity contribution is 6.05. The number of anilines is 1. The lowest BCUT2D eigenvalue weighted by molar-refractivity contribution is -0.137. The van der Waals surface area contributed by atoms with Crippen LogP contribution in [0.25, 0.3) is 16.9 Å². The summed E-state index contributed by atoms with van der Waals surface area (Å²) in [6, 6.07) is 15.0. The molecular weight excluding hydrogens is 438 g/mol. The molecule has 1 amide bonds. The van der Waals surface area contributed by atoms with E-state index in [0.29, 0.717) is 11.1 Å². The Hall–Kier alpha value is -4.52. The number of nitrogens with one attached hydrogen (secondary N) is 1. The minimum absolute atomic E-state index is 0.0325. The zero-order chi connectivity index (χ0) is 23.6. The Kier molecular flexibility index (Phi) is 5.62. The van der Waals surface area contributed by atoms with Crippen molar-refractivity contribution < 1.29 is 22.4 Å². The summed E-state index contributed by atoms with van der Waals surface area (Å²) in [5, 5.41) is 16.2. The summed E-state index contributed by atoms with van der Waals surface area (Å²) in [6.07, 6.45) is -1.85. The number of amides is 1. The third kappa shape index (κ3) is 4.43. The molecule has 2 aromatic heterocycles. The van der Waals surface area contributed by atoms with Gasteiger partial charge in [0.05, 0.1) is 11.1 Å². The minimum atomic E-state index is -4.69. The second-order valence-corrected chi connectivity index (χ2v) is 6.82. The van der Waals surface area contributed by atoms with Gasteiger partial charge < -0.3 is 5.32 Å². The van der Waals surface area contributed by atoms with Gasteiger partial charge in [-0.1, -0.05) is 24.3 Å². The summed E-state index contributed by atoms with van der Waals surface area (Å²) in [5.74, 6) is -1.31. The van der Waals surface area contributed by atoms with Crippen molar-refractivity contribution >= 4 is 11.7 Å². The number of benzene rings is 2. The number of hydrogen-bond donors (Lipinski definition) is 1. The van der Waals surface area contributed by atoms with E-state index in [-0.39, 0.29) is 17.2 Å². The maximum atomic E-state index is 13.3. The molecule has 1 N–H and O–H groups in total. The van der Waals surface area contributed by atoms with Crippen LogP contribution >= 0.6 is 0 Å². The van der Waals surface area contributed by atoms with Crippen molar-refractivity contribution in [1.82, 2.24) is 14.8 Å². The van der Waals surface area contributed by atoms with Gasteiger partial charge in [-0.2, -0.15) is 18.4 Å². The van der Waals surface area contributed by atoms with Gasteiger partial charge in [0.15, 0.2) is 11.6 Å².